The van der Waals surface area contributed by atoms with E-state index in [0.717, 1.165) is 29.1 Å². The summed E-state index contributed by atoms with van der Waals surface area (Å²) in [7, 11) is 0. The molecular weight excluding hydrogens is 350 g/mol. The minimum Gasteiger partial charge on any atom is -0.375 e. The van der Waals surface area contributed by atoms with Gasteiger partial charge in [-0.05, 0) is 29.3 Å². The highest BCUT2D eigenvalue weighted by atomic mass is 35.5. The molecule has 1 atom stereocenters. The van der Waals surface area contributed by atoms with Crippen molar-refractivity contribution in [2.24, 2.45) is 5.73 Å². The molecule has 7 heteroatoms. The predicted molar refractivity (Wildman–Crippen MR) is 100.0 cm³/mol. The lowest BCUT2D eigenvalue weighted by Gasteiger charge is -2.12. The average Bonchev–Trinajstić information content (AvgIpc) is 3.18. The van der Waals surface area contributed by atoms with E-state index in [1.54, 1.807) is 0 Å². The highest BCUT2D eigenvalue weighted by Crippen LogP contribution is 2.35. The van der Waals surface area contributed by atoms with E-state index in [9.17, 15) is 4.79 Å². The van der Waals surface area contributed by atoms with Crippen LogP contribution in [0, 0.1) is 0 Å². The Morgan fingerprint density at radius 2 is 2.08 bits per heavy atom. The summed E-state index contributed by atoms with van der Waals surface area (Å²) in [5.74, 6) is 0.791. The van der Waals surface area contributed by atoms with Gasteiger partial charge in [-0.25, -0.2) is 9.67 Å². The van der Waals surface area contributed by atoms with Crippen LogP contribution in [0.5, 0.6) is 0 Å². The summed E-state index contributed by atoms with van der Waals surface area (Å²) >= 11 is 6.10. The lowest BCUT2D eigenvalue weighted by atomic mass is 10.1. The van der Waals surface area contributed by atoms with Crippen molar-refractivity contribution in [1.82, 2.24) is 14.8 Å². The van der Waals surface area contributed by atoms with Crippen molar-refractivity contribution in [2.75, 3.05) is 5.32 Å². The van der Waals surface area contributed by atoms with Gasteiger partial charge in [-0.15, -0.1) is 0 Å². The standard InChI is InChI=1S/C19H18ClN5O/c20-14-6-7-15-13(8-14)9-16(22-15)19-23-18(10-17(21)26)24-25(19)11-12-4-2-1-3-5-12/h1-8,16,22H,9-11H2,(H2,21,26)/t16-/m0/s1. The summed E-state index contributed by atoms with van der Waals surface area (Å²) in [6.45, 7) is 0.581. The first kappa shape index (κ1) is 16.6. The van der Waals surface area contributed by atoms with E-state index in [0.29, 0.717) is 17.4 Å². The quantitative estimate of drug-likeness (QED) is 0.726. The molecule has 0 saturated heterocycles. The minimum atomic E-state index is -0.442. The van der Waals surface area contributed by atoms with Crippen molar-refractivity contribution in [3.8, 4) is 0 Å². The van der Waals surface area contributed by atoms with Gasteiger partial charge >= 0.3 is 0 Å². The van der Waals surface area contributed by atoms with E-state index in [-0.39, 0.29) is 12.5 Å². The number of nitrogens with zero attached hydrogens (tertiary/aromatic N) is 3. The molecule has 0 bridgehead atoms. The maximum Gasteiger partial charge on any atom is 0.225 e. The Kier molecular flexibility index (Phi) is 4.34. The fourth-order valence-corrected chi connectivity index (χ4v) is 3.45. The van der Waals surface area contributed by atoms with Crippen LogP contribution in [0.1, 0.15) is 28.8 Å². The molecule has 0 saturated carbocycles. The average molecular weight is 368 g/mol. The molecule has 1 aliphatic heterocycles. The lowest BCUT2D eigenvalue weighted by molar-refractivity contribution is -0.117. The summed E-state index contributed by atoms with van der Waals surface area (Å²) in [5, 5.41) is 8.70. The first-order valence-corrected chi connectivity index (χ1v) is 8.77. The maximum atomic E-state index is 11.3. The van der Waals surface area contributed by atoms with Crippen LogP contribution in [-0.4, -0.2) is 20.7 Å². The van der Waals surface area contributed by atoms with Gasteiger partial charge in [0, 0.05) is 17.1 Å². The number of hydrogen-bond acceptors (Lipinski definition) is 4. The third kappa shape index (κ3) is 3.41. The van der Waals surface area contributed by atoms with Gasteiger partial charge < -0.3 is 11.1 Å². The second-order valence-corrected chi connectivity index (χ2v) is 6.81. The number of rotatable bonds is 5. The number of nitrogens with one attached hydrogen (secondary N) is 1. The van der Waals surface area contributed by atoms with E-state index in [2.05, 4.69) is 15.4 Å². The number of anilines is 1. The predicted octanol–water partition coefficient (Wildman–Crippen LogP) is 2.72. The highest BCUT2D eigenvalue weighted by molar-refractivity contribution is 6.30. The zero-order valence-electron chi connectivity index (χ0n) is 14.0. The van der Waals surface area contributed by atoms with Gasteiger partial charge in [0.1, 0.15) is 5.82 Å². The zero-order valence-corrected chi connectivity index (χ0v) is 14.8. The van der Waals surface area contributed by atoms with Gasteiger partial charge in [0.2, 0.25) is 5.91 Å². The molecule has 1 aliphatic rings. The molecule has 0 spiro atoms. The summed E-state index contributed by atoms with van der Waals surface area (Å²) in [4.78, 5) is 15.9. The van der Waals surface area contributed by atoms with E-state index in [4.69, 9.17) is 17.3 Å². The molecule has 0 radical (unpaired) electrons. The van der Waals surface area contributed by atoms with E-state index >= 15 is 0 Å². The second-order valence-electron chi connectivity index (χ2n) is 6.38. The smallest absolute Gasteiger partial charge is 0.225 e. The van der Waals surface area contributed by atoms with Crippen LogP contribution < -0.4 is 11.1 Å². The number of aromatic nitrogens is 3. The molecule has 26 heavy (non-hydrogen) atoms. The number of carbonyl (C=O) groups is 1. The third-order valence-corrected chi connectivity index (χ3v) is 4.62. The van der Waals surface area contributed by atoms with Crippen molar-refractivity contribution in [3.05, 3.63) is 76.3 Å². The Bertz CT molecular complexity index is 954. The number of benzene rings is 2. The van der Waals surface area contributed by atoms with Crippen LogP contribution in [0.3, 0.4) is 0 Å². The number of hydrogen-bond donors (Lipinski definition) is 2. The molecule has 2 heterocycles. The van der Waals surface area contributed by atoms with Gasteiger partial charge in [-0.1, -0.05) is 41.9 Å². The van der Waals surface area contributed by atoms with Gasteiger partial charge in [-0.2, -0.15) is 5.10 Å². The summed E-state index contributed by atoms with van der Waals surface area (Å²) < 4.78 is 1.85. The van der Waals surface area contributed by atoms with Crippen LogP contribution in [0.2, 0.25) is 5.02 Å². The van der Waals surface area contributed by atoms with Crippen molar-refractivity contribution in [3.63, 3.8) is 0 Å². The zero-order chi connectivity index (χ0) is 18.1. The van der Waals surface area contributed by atoms with Crippen LogP contribution in [0.4, 0.5) is 5.69 Å². The molecule has 1 amide bonds. The second kappa shape index (κ2) is 6.80. The van der Waals surface area contributed by atoms with Crippen molar-refractivity contribution in [2.45, 2.75) is 25.4 Å². The number of carbonyl (C=O) groups excluding carboxylic acids is 1. The monoisotopic (exact) mass is 367 g/mol. The molecule has 0 fully saturated rings. The topological polar surface area (TPSA) is 85.8 Å². The highest BCUT2D eigenvalue weighted by Gasteiger charge is 2.27. The number of halogens is 1. The number of amides is 1. The molecule has 0 unspecified atom stereocenters. The van der Waals surface area contributed by atoms with E-state index < -0.39 is 5.91 Å². The molecule has 3 N–H and O–H groups in total. The van der Waals surface area contributed by atoms with Crippen LogP contribution in [0.15, 0.2) is 48.5 Å². The summed E-state index contributed by atoms with van der Waals surface area (Å²) in [6.07, 6.45) is 0.791. The number of fused-ring (bicyclic) bond motifs is 1. The molecule has 3 aromatic rings. The lowest BCUT2D eigenvalue weighted by Crippen LogP contribution is -2.15. The SMILES string of the molecule is NC(=O)Cc1nc([C@@H]2Cc3cc(Cl)ccc3N2)n(Cc2ccccc2)n1. The molecule has 6 nitrogen and oxygen atoms in total. The normalized spacial score (nSPS) is 15.5. The minimum absolute atomic E-state index is 0.0266. The fraction of sp³-hybridized carbons (Fsp3) is 0.211. The Labute approximate surface area is 156 Å². The Balaban J connectivity index is 1.66. The summed E-state index contributed by atoms with van der Waals surface area (Å²) in [6, 6.07) is 15.8. The molecule has 4 rings (SSSR count). The molecular formula is C19H18ClN5O. The Hall–Kier alpha value is -2.86. The van der Waals surface area contributed by atoms with Gasteiger partial charge in [0.05, 0.1) is 19.0 Å². The largest absolute Gasteiger partial charge is 0.375 e. The van der Waals surface area contributed by atoms with Crippen molar-refractivity contribution >= 4 is 23.2 Å². The number of primary amides is 1. The fourth-order valence-electron chi connectivity index (χ4n) is 3.25. The summed E-state index contributed by atoms with van der Waals surface area (Å²) in [5.41, 5.74) is 8.62. The Morgan fingerprint density at radius 1 is 1.27 bits per heavy atom. The molecule has 1 aromatic heterocycles. The molecule has 2 aromatic carbocycles. The van der Waals surface area contributed by atoms with Gasteiger partial charge in [0.25, 0.3) is 0 Å². The third-order valence-electron chi connectivity index (χ3n) is 4.38. The number of nitrogens with two attached hydrogens (primary N) is 1. The van der Waals surface area contributed by atoms with Crippen LogP contribution >= 0.6 is 11.6 Å². The van der Waals surface area contributed by atoms with Crippen LogP contribution in [0.25, 0.3) is 0 Å². The van der Waals surface area contributed by atoms with Gasteiger partial charge in [-0.3, -0.25) is 4.79 Å². The van der Waals surface area contributed by atoms with E-state index in [1.807, 2.05) is 53.2 Å². The van der Waals surface area contributed by atoms with Crippen molar-refractivity contribution < 1.29 is 4.79 Å². The maximum absolute atomic E-state index is 11.3. The molecule has 0 aliphatic carbocycles. The van der Waals surface area contributed by atoms with Crippen LogP contribution in [-0.2, 0) is 24.2 Å². The molecule has 132 valence electrons. The Morgan fingerprint density at radius 3 is 2.85 bits per heavy atom. The van der Waals surface area contributed by atoms with E-state index in [1.165, 1.54) is 0 Å². The van der Waals surface area contributed by atoms with Crippen molar-refractivity contribution in [1.29, 1.82) is 0 Å². The van der Waals surface area contributed by atoms with Gasteiger partial charge in [0.15, 0.2) is 5.82 Å². The first-order chi connectivity index (χ1) is 12.6. The first-order valence-electron chi connectivity index (χ1n) is 8.39.